The molecule has 16 heteroatoms. The number of esters is 6. The van der Waals surface area contributed by atoms with Crippen LogP contribution in [0.1, 0.15) is 69.1 Å². The molecule has 71 heavy (non-hydrogen) atoms. The highest BCUT2D eigenvalue weighted by Gasteiger charge is 2.55. The number of rotatable bonds is 16. The van der Waals surface area contributed by atoms with Crippen LogP contribution in [0.5, 0.6) is 0 Å². The van der Waals surface area contributed by atoms with Crippen molar-refractivity contribution < 1.29 is 71.4 Å². The van der Waals surface area contributed by atoms with Gasteiger partial charge in [0.15, 0.2) is 29.6 Å². The second-order valence-electron chi connectivity index (χ2n) is 16.4. The van der Waals surface area contributed by atoms with Crippen molar-refractivity contribution in [3.8, 4) is 0 Å². The summed E-state index contributed by atoms with van der Waals surface area (Å²) in [4.78, 5) is 82.8. The van der Waals surface area contributed by atoms with E-state index in [-0.39, 0.29) is 33.4 Å². The van der Waals surface area contributed by atoms with Crippen molar-refractivity contribution in [3.63, 3.8) is 0 Å². The third kappa shape index (κ3) is 12.6. The number of benzene rings is 6. The lowest BCUT2D eigenvalue weighted by Crippen LogP contribution is -2.64. The second-order valence-corrected chi connectivity index (χ2v) is 17.3. The molecular weight excluding hydrogens is 980 g/mol. The van der Waals surface area contributed by atoms with Crippen LogP contribution in [-0.4, -0.2) is 103 Å². The summed E-state index contributed by atoms with van der Waals surface area (Å²) in [5.41, 5.74) is 1.10. The van der Waals surface area contributed by atoms with Crippen molar-refractivity contribution in [2.75, 3.05) is 13.2 Å². The largest absolute Gasteiger partial charge is 0.459 e. The fraction of sp³-hybridized carbons (Fsp3) is 0.236. The summed E-state index contributed by atoms with van der Waals surface area (Å²) in [6, 6.07) is 48.7. The molecule has 0 saturated carbocycles. The summed E-state index contributed by atoms with van der Waals surface area (Å²) in [6.45, 7) is 0.559. The molecule has 0 aliphatic carbocycles. The molecule has 0 radical (unpaired) electrons. The third-order valence-corrected chi connectivity index (χ3v) is 12.3. The Morgan fingerprint density at radius 1 is 0.380 bits per heavy atom. The Balaban J connectivity index is 1.19. The van der Waals surface area contributed by atoms with Gasteiger partial charge in [0, 0.05) is 5.92 Å². The van der Waals surface area contributed by atoms with Crippen LogP contribution in [0.3, 0.4) is 0 Å². The first-order chi connectivity index (χ1) is 34.5. The van der Waals surface area contributed by atoms with Gasteiger partial charge >= 0.3 is 35.8 Å². The van der Waals surface area contributed by atoms with Crippen LogP contribution in [0.25, 0.3) is 0 Å². The van der Waals surface area contributed by atoms with Gasteiger partial charge in [-0.1, -0.05) is 132 Å². The molecule has 0 N–H and O–H groups in total. The molecule has 0 aromatic heterocycles. The quantitative estimate of drug-likeness (QED) is 0.0510. The molecule has 0 spiro atoms. The highest BCUT2D eigenvalue weighted by atomic mass is 79.9. The van der Waals surface area contributed by atoms with Gasteiger partial charge in [-0.2, -0.15) is 0 Å². The molecule has 2 saturated heterocycles. The van der Waals surface area contributed by atoms with Gasteiger partial charge in [-0.25, -0.2) is 28.8 Å². The summed E-state index contributed by atoms with van der Waals surface area (Å²) in [6.07, 6.45) is -11.5. The summed E-state index contributed by atoms with van der Waals surface area (Å²) in [5, 5.41) is -1.19. The summed E-state index contributed by atoms with van der Waals surface area (Å²) >= 11 is 3.50. The molecule has 8 rings (SSSR count). The van der Waals surface area contributed by atoms with Crippen LogP contribution in [0, 0.1) is 5.92 Å². The van der Waals surface area contributed by atoms with Crippen molar-refractivity contribution in [2.45, 2.75) is 61.0 Å². The van der Waals surface area contributed by atoms with E-state index in [1.165, 1.54) is 12.1 Å². The number of carbonyl (C=O) groups is 6. The van der Waals surface area contributed by atoms with E-state index < -0.39 is 109 Å². The van der Waals surface area contributed by atoms with Gasteiger partial charge in [0.25, 0.3) is 0 Å². The van der Waals surface area contributed by atoms with Crippen molar-refractivity contribution in [2.24, 2.45) is 5.92 Å². The normalized spacial score (nSPS) is 23.7. The van der Waals surface area contributed by atoms with Crippen LogP contribution < -0.4 is 0 Å². The van der Waals surface area contributed by atoms with Gasteiger partial charge in [-0.05, 0) is 72.8 Å². The fourth-order valence-electron chi connectivity index (χ4n) is 7.92. The van der Waals surface area contributed by atoms with Gasteiger partial charge in [0.05, 0.1) is 33.4 Å². The van der Waals surface area contributed by atoms with Crippen LogP contribution >= 0.6 is 15.9 Å². The monoisotopic (exact) mass is 1030 g/mol. The molecule has 0 amide bonds. The van der Waals surface area contributed by atoms with E-state index in [1.807, 2.05) is 0 Å². The topological polar surface area (TPSA) is 185 Å². The van der Waals surface area contributed by atoms with E-state index in [1.54, 1.807) is 177 Å². The van der Waals surface area contributed by atoms with Crippen LogP contribution in [0.4, 0.5) is 0 Å². The van der Waals surface area contributed by atoms with Crippen molar-refractivity contribution in [3.05, 3.63) is 215 Å². The minimum atomic E-state index is -1.54. The average molecular weight is 1030 g/mol. The van der Waals surface area contributed by atoms with Gasteiger partial charge < -0.3 is 42.6 Å². The molecule has 2 heterocycles. The van der Waals surface area contributed by atoms with E-state index in [9.17, 15) is 28.8 Å². The van der Waals surface area contributed by atoms with Gasteiger partial charge in [-0.15, -0.1) is 0 Å². The number of ether oxygens (including phenoxy) is 9. The van der Waals surface area contributed by atoms with E-state index in [4.69, 9.17) is 42.6 Å². The van der Waals surface area contributed by atoms with Gasteiger partial charge in [0.1, 0.15) is 37.6 Å². The zero-order chi connectivity index (χ0) is 49.7. The Labute approximate surface area is 416 Å². The van der Waals surface area contributed by atoms with Crippen molar-refractivity contribution in [1.82, 2.24) is 0 Å². The predicted octanol–water partition coefficient (Wildman–Crippen LogP) is 8.47. The number of hydrogen-bond acceptors (Lipinski definition) is 15. The number of alkyl halides is 1. The van der Waals surface area contributed by atoms with Crippen molar-refractivity contribution >= 4 is 51.7 Å². The smallest absolute Gasteiger partial charge is 0.338 e. The number of hydrogen-bond donors (Lipinski definition) is 0. The first-order valence-electron chi connectivity index (χ1n) is 22.6. The Bertz CT molecular complexity index is 2730. The van der Waals surface area contributed by atoms with Gasteiger partial charge in [0.2, 0.25) is 0 Å². The lowest BCUT2D eigenvalue weighted by Gasteiger charge is -2.48. The molecular formula is C55H47BrO15. The SMILES string of the molecule is CC1C(OC2C(COC(=O)c3ccccc3)OC(Br)C(OC(=O)c3ccccc3)C2OC(=O)c2ccccc2)OC(COC(=O)c2ccccc2)C(OC(=O)c2ccccc2)C1OC(=O)c1ccccc1. The first-order valence-corrected chi connectivity index (χ1v) is 23.5. The van der Waals surface area contributed by atoms with Crippen LogP contribution in [0.2, 0.25) is 0 Å². The molecule has 0 bridgehead atoms. The summed E-state index contributed by atoms with van der Waals surface area (Å²) < 4.78 is 56.3. The highest BCUT2D eigenvalue weighted by molar-refractivity contribution is 9.09. The number of carbonyl (C=O) groups excluding carboxylic acids is 6. The second kappa shape index (κ2) is 23.9. The molecule has 364 valence electrons. The molecule has 10 atom stereocenters. The van der Waals surface area contributed by atoms with E-state index in [0.717, 1.165) is 0 Å². The maximum absolute atomic E-state index is 14.1. The number of halogens is 1. The maximum atomic E-state index is 14.1. The van der Waals surface area contributed by atoms with E-state index in [0.29, 0.717) is 0 Å². The fourth-order valence-corrected chi connectivity index (χ4v) is 8.61. The lowest BCUT2D eigenvalue weighted by atomic mass is 9.91. The molecule has 15 nitrogen and oxygen atoms in total. The minimum Gasteiger partial charge on any atom is -0.459 e. The Kier molecular flexibility index (Phi) is 16.8. The lowest BCUT2D eigenvalue weighted by molar-refractivity contribution is -0.323. The first kappa shape index (κ1) is 49.9. The Hall–Kier alpha value is -7.50. The van der Waals surface area contributed by atoms with Crippen LogP contribution in [0.15, 0.2) is 182 Å². The Morgan fingerprint density at radius 2 is 0.676 bits per heavy atom. The molecule has 6 aromatic carbocycles. The molecule has 10 unspecified atom stereocenters. The molecule has 2 aliphatic heterocycles. The summed E-state index contributed by atoms with van der Waals surface area (Å²) in [5.74, 6) is -5.73. The average Bonchev–Trinajstić information content (AvgIpc) is 3.42. The zero-order valence-corrected chi connectivity index (χ0v) is 39.6. The highest BCUT2D eigenvalue weighted by Crippen LogP contribution is 2.38. The van der Waals surface area contributed by atoms with Crippen LogP contribution in [-0.2, 0) is 42.6 Å². The zero-order valence-electron chi connectivity index (χ0n) is 38.0. The minimum absolute atomic E-state index is 0.141. The van der Waals surface area contributed by atoms with E-state index >= 15 is 0 Å². The Morgan fingerprint density at radius 3 is 1.04 bits per heavy atom. The standard InChI is InChI=1S/C55H47BrO15/c1-34-43(67-51(59)37-24-12-4-13-25-37)44(68-52(60)38-26-14-5-15-27-38)42(33-64-50(58)36-22-10-3-11-23-36)66-55(34)71-45-41(32-63-49(57)35-20-8-2-9-21-35)65-48(56)47(70-54(62)40-30-18-7-19-31-40)46(45)69-53(61)39-28-16-6-17-29-39/h2-31,34,41-48,55H,32-33H2,1H3. The summed E-state index contributed by atoms with van der Waals surface area (Å²) in [7, 11) is 0. The van der Waals surface area contributed by atoms with Crippen molar-refractivity contribution in [1.29, 1.82) is 0 Å². The molecule has 2 aliphatic rings. The molecule has 6 aromatic rings. The van der Waals surface area contributed by atoms with Gasteiger partial charge in [-0.3, -0.25) is 0 Å². The maximum Gasteiger partial charge on any atom is 0.338 e. The third-order valence-electron chi connectivity index (χ3n) is 11.6. The predicted molar refractivity (Wildman–Crippen MR) is 256 cm³/mol. The molecule has 2 fully saturated rings. The van der Waals surface area contributed by atoms with E-state index in [2.05, 4.69) is 15.9 Å².